The van der Waals surface area contributed by atoms with Crippen LogP contribution >= 0.6 is 0 Å². The molecule has 0 aliphatic rings. The molecule has 0 saturated carbocycles. The van der Waals surface area contributed by atoms with Gasteiger partial charge in [0.25, 0.3) is 0 Å². The summed E-state index contributed by atoms with van der Waals surface area (Å²) in [7, 11) is 0. The minimum Gasteiger partial charge on any atom is -0.282 e. The molecule has 0 saturated heterocycles. The molecule has 4 rings (SSSR count). The van der Waals surface area contributed by atoms with Gasteiger partial charge in [0.1, 0.15) is 0 Å². The minimum atomic E-state index is 0.253. The summed E-state index contributed by atoms with van der Waals surface area (Å²) in [5, 5.41) is 8.36. The van der Waals surface area contributed by atoms with Crippen LogP contribution in [0.2, 0.25) is 0 Å². The lowest BCUT2D eigenvalue weighted by molar-refractivity contribution is 1.42. The second kappa shape index (κ2) is 8.28. The van der Waals surface area contributed by atoms with Crippen LogP contribution in [0.3, 0.4) is 0 Å². The van der Waals surface area contributed by atoms with Crippen LogP contribution in [-0.4, -0.2) is 12.1 Å². The second-order valence-corrected chi connectivity index (χ2v) is 6.55. The summed E-state index contributed by atoms with van der Waals surface area (Å²) in [6.45, 7) is 0. The Morgan fingerprint density at radius 2 is 1.11 bits per heavy atom. The van der Waals surface area contributed by atoms with Crippen molar-refractivity contribution in [2.24, 2.45) is 4.99 Å². The van der Waals surface area contributed by atoms with Crippen LogP contribution in [0.25, 0.3) is 22.3 Å². The van der Waals surface area contributed by atoms with Gasteiger partial charge >= 0.3 is 0 Å². The number of hydrogen-bond acceptors (Lipinski definition) is 1. The van der Waals surface area contributed by atoms with Gasteiger partial charge in [-0.2, -0.15) is 0 Å². The molecule has 2 nitrogen and oxygen atoms in total. The molecule has 0 atom stereocenters. The Morgan fingerprint density at radius 3 is 1.75 bits per heavy atom. The fourth-order valence-corrected chi connectivity index (χ4v) is 3.12. The topological polar surface area (TPSA) is 36.2 Å². The molecular formula is C26H20N2. The van der Waals surface area contributed by atoms with Crippen LogP contribution in [0.1, 0.15) is 11.1 Å². The molecule has 0 aliphatic heterocycles. The Balaban J connectivity index is 1.55. The largest absolute Gasteiger partial charge is 0.282 e. The van der Waals surface area contributed by atoms with E-state index in [1.807, 2.05) is 66.7 Å². The Bertz CT molecular complexity index is 1110. The van der Waals surface area contributed by atoms with Crippen molar-refractivity contribution in [3.8, 4) is 22.3 Å². The minimum absolute atomic E-state index is 0.253. The van der Waals surface area contributed by atoms with Crippen LogP contribution in [0.15, 0.2) is 114 Å². The first-order valence-electron chi connectivity index (χ1n) is 9.23. The summed E-state index contributed by atoms with van der Waals surface area (Å²) in [5.74, 6) is 0.253. The van der Waals surface area contributed by atoms with Gasteiger partial charge in [-0.1, -0.05) is 97.1 Å². The standard InChI is InChI=1S/C26H20N2/c27-26(25-16-8-15-24(18-25)22-12-5-2-6-13-22)28-19-20-9-7-14-23(17-20)21-10-3-1-4-11-21/h1-19,27H/b27-26?,28-19+. The molecule has 0 radical (unpaired) electrons. The van der Waals surface area contributed by atoms with Crippen LogP contribution in [0.4, 0.5) is 0 Å². The summed E-state index contributed by atoms with van der Waals surface area (Å²) in [4.78, 5) is 4.39. The van der Waals surface area contributed by atoms with Crippen molar-refractivity contribution in [3.63, 3.8) is 0 Å². The van der Waals surface area contributed by atoms with E-state index < -0.39 is 0 Å². The van der Waals surface area contributed by atoms with E-state index in [1.165, 1.54) is 5.56 Å². The number of amidine groups is 1. The molecule has 0 heterocycles. The normalized spacial score (nSPS) is 10.9. The molecule has 1 N–H and O–H groups in total. The zero-order valence-electron chi connectivity index (χ0n) is 15.4. The second-order valence-electron chi connectivity index (χ2n) is 6.55. The lowest BCUT2D eigenvalue weighted by Crippen LogP contribution is -1.96. The third-order valence-electron chi connectivity index (χ3n) is 4.58. The SMILES string of the molecule is N=C(/N=C/c1cccc(-c2ccccc2)c1)c1cccc(-c2ccccc2)c1. The highest BCUT2D eigenvalue weighted by Crippen LogP contribution is 2.21. The molecule has 28 heavy (non-hydrogen) atoms. The molecular weight excluding hydrogens is 340 g/mol. The summed E-state index contributed by atoms with van der Waals surface area (Å²) in [6.07, 6.45) is 1.75. The molecule has 0 aromatic heterocycles. The zero-order valence-corrected chi connectivity index (χ0v) is 15.4. The molecule has 134 valence electrons. The number of benzene rings is 4. The van der Waals surface area contributed by atoms with Crippen molar-refractivity contribution in [3.05, 3.63) is 120 Å². The summed E-state index contributed by atoms with van der Waals surface area (Å²) >= 11 is 0. The summed E-state index contributed by atoms with van der Waals surface area (Å²) in [6, 6.07) is 36.6. The van der Waals surface area contributed by atoms with Gasteiger partial charge in [0, 0.05) is 11.8 Å². The number of rotatable bonds is 4. The third-order valence-corrected chi connectivity index (χ3v) is 4.58. The lowest BCUT2D eigenvalue weighted by atomic mass is 10.0. The molecule has 0 spiro atoms. The van der Waals surface area contributed by atoms with Crippen molar-refractivity contribution >= 4 is 12.1 Å². The summed E-state index contributed by atoms with van der Waals surface area (Å²) < 4.78 is 0. The monoisotopic (exact) mass is 360 g/mol. The highest BCUT2D eigenvalue weighted by molar-refractivity contribution is 6.04. The molecule has 4 aromatic carbocycles. The first kappa shape index (κ1) is 17.6. The van der Waals surface area contributed by atoms with E-state index in [4.69, 9.17) is 5.41 Å². The van der Waals surface area contributed by atoms with E-state index in [0.29, 0.717) is 0 Å². The first-order chi connectivity index (χ1) is 13.8. The van der Waals surface area contributed by atoms with Crippen molar-refractivity contribution in [2.75, 3.05) is 0 Å². The third kappa shape index (κ3) is 4.13. The van der Waals surface area contributed by atoms with E-state index in [-0.39, 0.29) is 5.84 Å². The van der Waals surface area contributed by atoms with E-state index in [9.17, 15) is 0 Å². The van der Waals surface area contributed by atoms with Crippen LogP contribution in [0, 0.1) is 5.41 Å². The summed E-state index contributed by atoms with van der Waals surface area (Å²) in [5.41, 5.74) is 6.31. The van der Waals surface area contributed by atoms with Crippen LogP contribution in [-0.2, 0) is 0 Å². The highest BCUT2D eigenvalue weighted by Gasteiger charge is 2.03. The maximum absolute atomic E-state index is 8.36. The average molecular weight is 360 g/mol. The van der Waals surface area contributed by atoms with E-state index in [0.717, 1.165) is 27.8 Å². The Kier molecular flexibility index (Phi) is 5.21. The van der Waals surface area contributed by atoms with Crippen molar-refractivity contribution in [2.45, 2.75) is 0 Å². The fourth-order valence-electron chi connectivity index (χ4n) is 3.12. The van der Waals surface area contributed by atoms with Crippen molar-refractivity contribution in [1.82, 2.24) is 0 Å². The molecule has 0 amide bonds. The Morgan fingerprint density at radius 1 is 0.571 bits per heavy atom. The van der Waals surface area contributed by atoms with Gasteiger partial charge < -0.3 is 0 Å². The van der Waals surface area contributed by atoms with E-state index in [2.05, 4.69) is 47.5 Å². The molecule has 0 aliphatic carbocycles. The number of nitrogens with zero attached hydrogens (tertiary/aromatic N) is 1. The lowest BCUT2D eigenvalue weighted by Gasteiger charge is -2.05. The number of nitrogens with one attached hydrogen (secondary N) is 1. The highest BCUT2D eigenvalue weighted by atomic mass is 14.8. The van der Waals surface area contributed by atoms with Gasteiger partial charge in [-0.05, 0) is 39.9 Å². The van der Waals surface area contributed by atoms with E-state index in [1.54, 1.807) is 6.21 Å². The van der Waals surface area contributed by atoms with Crippen molar-refractivity contribution in [1.29, 1.82) is 5.41 Å². The average Bonchev–Trinajstić information content (AvgIpc) is 2.79. The van der Waals surface area contributed by atoms with Crippen LogP contribution < -0.4 is 0 Å². The first-order valence-corrected chi connectivity index (χ1v) is 9.23. The quantitative estimate of drug-likeness (QED) is 0.320. The predicted octanol–water partition coefficient (Wildman–Crippen LogP) is 6.47. The molecule has 0 fully saturated rings. The van der Waals surface area contributed by atoms with Gasteiger partial charge in [-0.15, -0.1) is 0 Å². The maximum Gasteiger partial charge on any atom is 0.151 e. The van der Waals surface area contributed by atoms with Gasteiger partial charge in [0.05, 0.1) is 0 Å². The van der Waals surface area contributed by atoms with Crippen LogP contribution in [0.5, 0.6) is 0 Å². The van der Waals surface area contributed by atoms with Gasteiger partial charge in [-0.3, -0.25) is 5.41 Å². The predicted molar refractivity (Wildman–Crippen MR) is 118 cm³/mol. The zero-order chi connectivity index (χ0) is 19.2. The van der Waals surface area contributed by atoms with Gasteiger partial charge in [0.2, 0.25) is 0 Å². The fraction of sp³-hybridized carbons (Fsp3) is 0. The maximum atomic E-state index is 8.36. The molecule has 0 unspecified atom stereocenters. The number of aliphatic imine (C=N–C) groups is 1. The van der Waals surface area contributed by atoms with Crippen molar-refractivity contribution < 1.29 is 0 Å². The Hall–Kier alpha value is -3.78. The Labute approximate surface area is 165 Å². The van der Waals surface area contributed by atoms with Gasteiger partial charge in [-0.25, -0.2) is 4.99 Å². The molecule has 4 aromatic rings. The van der Waals surface area contributed by atoms with E-state index >= 15 is 0 Å². The number of hydrogen-bond donors (Lipinski definition) is 1. The smallest absolute Gasteiger partial charge is 0.151 e. The molecule has 0 bridgehead atoms. The molecule has 2 heteroatoms. The van der Waals surface area contributed by atoms with Gasteiger partial charge in [0.15, 0.2) is 5.84 Å².